The number of anilines is 2. The van der Waals surface area contributed by atoms with Crippen molar-refractivity contribution < 1.29 is 34.8 Å². The van der Waals surface area contributed by atoms with Gasteiger partial charge in [0.25, 0.3) is 0 Å². The Morgan fingerprint density at radius 2 is 1.17 bits per heavy atom. The van der Waals surface area contributed by atoms with Crippen molar-refractivity contribution in [2.45, 2.75) is 13.8 Å². The summed E-state index contributed by atoms with van der Waals surface area (Å²) in [5.74, 6) is 0.926. The fourth-order valence-corrected chi connectivity index (χ4v) is 1.01. The average Bonchev–Trinajstić information content (AvgIpc) is 2.17. The van der Waals surface area contributed by atoms with Crippen LogP contribution in [0.1, 0.15) is 11.4 Å². The zero-order valence-electron chi connectivity index (χ0n) is 10.1. The Kier molecular flexibility index (Phi) is 9.74. The van der Waals surface area contributed by atoms with Crippen LogP contribution in [0.15, 0.2) is 24.5 Å². The van der Waals surface area contributed by atoms with E-state index in [1.807, 2.05) is 26.0 Å². The molecule has 0 radical (unpaired) electrons. The third-order valence-electron chi connectivity index (χ3n) is 1.71. The molecule has 0 saturated carbocycles. The van der Waals surface area contributed by atoms with Crippen molar-refractivity contribution in [2.24, 2.45) is 0 Å². The smallest absolute Gasteiger partial charge is 0.387 e. The van der Waals surface area contributed by atoms with Crippen LogP contribution in [0.2, 0.25) is 0 Å². The molecule has 0 amide bonds. The van der Waals surface area contributed by atoms with Gasteiger partial charge < -0.3 is 24.8 Å². The summed E-state index contributed by atoms with van der Waals surface area (Å²) in [6.45, 7) is 3.79. The summed E-state index contributed by atoms with van der Waals surface area (Å²) in [4.78, 5) is 13.3. The normalized spacial score (nSPS) is 8.11. The van der Waals surface area contributed by atoms with E-state index in [9.17, 15) is 0 Å². The van der Waals surface area contributed by atoms with Crippen molar-refractivity contribution in [3.8, 4) is 0 Å². The number of aromatic nitrogens is 4. The molecule has 0 unspecified atom stereocenters. The summed E-state index contributed by atoms with van der Waals surface area (Å²) in [6.07, 6.45) is 3.52. The van der Waals surface area contributed by atoms with Crippen LogP contribution in [0.25, 0.3) is 0 Å². The molecule has 0 aliphatic heterocycles. The first-order valence-electron chi connectivity index (χ1n) is 4.79. The van der Waals surface area contributed by atoms with E-state index in [0.717, 1.165) is 11.4 Å². The lowest BCUT2D eigenvalue weighted by Gasteiger charge is -1.81. The van der Waals surface area contributed by atoms with Gasteiger partial charge in [-0.2, -0.15) is 0 Å². The number of nitrogens with one attached hydrogen (secondary N) is 2. The van der Waals surface area contributed by atoms with Crippen molar-refractivity contribution >= 4 is 11.9 Å². The van der Waals surface area contributed by atoms with Crippen molar-refractivity contribution in [2.75, 3.05) is 11.5 Å². The summed E-state index contributed by atoms with van der Waals surface area (Å²) in [7, 11) is 0. The molecule has 6 nitrogen and oxygen atoms in total. The van der Waals surface area contributed by atoms with E-state index < -0.39 is 0 Å². The highest BCUT2D eigenvalue weighted by molar-refractivity contribution is 5.08. The summed E-state index contributed by atoms with van der Waals surface area (Å²) in [5, 5.41) is 0. The second-order valence-corrected chi connectivity index (χ2v) is 3.23. The third-order valence-corrected chi connectivity index (χ3v) is 1.71. The zero-order chi connectivity index (χ0) is 12.0. The van der Waals surface area contributed by atoms with E-state index in [1.54, 1.807) is 12.4 Å². The van der Waals surface area contributed by atoms with E-state index in [0.29, 0.717) is 11.9 Å². The Hall–Kier alpha value is -1.66. The quantitative estimate of drug-likeness (QED) is 0.503. The number of aryl methyl sites for hydroxylation is 2. The van der Waals surface area contributed by atoms with Crippen LogP contribution in [0.3, 0.4) is 0 Å². The maximum absolute atomic E-state index is 5.29. The van der Waals surface area contributed by atoms with Crippen molar-refractivity contribution in [1.29, 1.82) is 0 Å². The molecule has 2 rings (SSSR count). The molecule has 0 spiro atoms. The Bertz CT molecular complexity index is 388. The molecule has 18 heavy (non-hydrogen) atoms. The minimum absolute atomic E-state index is 0. The lowest BCUT2D eigenvalue weighted by Crippen LogP contribution is -3.00. The van der Waals surface area contributed by atoms with E-state index in [-0.39, 0.29) is 24.8 Å². The number of hydrogen-bond donors (Lipinski definition) is 2. The summed E-state index contributed by atoms with van der Waals surface area (Å²) in [5.41, 5.74) is 12.4. The largest absolute Gasteiger partial charge is 1.00 e. The molecular weight excluding hydrogens is 275 g/mol. The van der Waals surface area contributed by atoms with Gasteiger partial charge in [0.05, 0.1) is 12.4 Å². The predicted octanol–water partition coefficient (Wildman–Crippen LogP) is -6.42. The average molecular weight is 291 g/mol. The third kappa shape index (κ3) is 7.59. The molecule has 2 heterocycles. The van der Waals surface area contributed by atoms with Crippen LogP contribution in [0, 0.1) is 13.8 Å². The van der Waals surface area contributed by atoms with Gasteiger partial charge in [-0.1, -0.05) is 9.97 Å². The molecule has 0 aliphatic carbocycles. The Balaban J connectivity index is 0. The van der Waals surface area contributed by atoms with E-state index in [4.69, 9.17) is 11.5 Å². The molecule has 2 aromatic rings. The van der Waals surface area contributed by atoms with Crippen LogP contribution in [-0.4, -0.2) is 9.97 Å². The van der Waals surface area contributed by atoms with Gasteiger partial charge in [-0.25, -0.2) is 9.97 Å². The van der Waals surface area contributed by atoms with Crippen molar-refractivity contribution in [3.05, 3.63) is 35.9 Å². The van der Waals surface area contributed by atoms with Crippen LogP contribution in [0.5, 0.6) is 0 Å². The fraction of sp³-hybridized carbons (Fsp3) is 0.200. The maximum Gasteiger partial charge on any atom is 0.387 e. The van der Waals surface area contributed by atoms with Gasteiger partial charge >= 0.3 is 11.9 Å². The predicted molar refractivity (Wildman–Crippen MR) is 59.9 cm³/mol. The second-order valence-electron chi connectivity index (χ2n) is 3.23. The molecule has 6 N–H and O–H groups in total. The second kappa shape index (κ2) is 9.38. The Labute approximate surface area is 118 Å². The molecule has 100 valence electrons. The lowest BCUT2D eigenvalue weighted by molar-refractivity contribution is -0.365. The number of H-pyrrole nitrogens is 2. The highest BCUT2D eigenvalue weighted by Gasteiger charge is 1.93. The monoisotopic (exact) mass is 290 g/mol. The van der Waals surface area contributed by atoms with Crippen LogP contribution < -0.4 is 46.2 Å². The number of rotatable bonds is 0. The maximum atomic E-state index is 5.29. The standard InChI is InChI=1S/2C5H7N3.2ClH/c2*1-4-2-3-7-5(6)8-4;;/h2*2-3H,1H3,(H2,6,7,8);2*1H. The number of nitrogens with zero attached hydrogens (tertiary/aromatic N) is 2. The highest BCUT2D eigenvalue weighted by atomic mass is 35.5. The summed E-state index contributed by atoms with van der Waals surface area (Å²) < 4.78 is 0. The first-order valence-corrected chi connectivity index (χ1v) is 4.79. The van der Waals surface area contributed by atoms with E-state index >= 15 is 0 Å². The molecule has 8 heteroatoms. The first-order chi connectivity index (χ1) is 7.58. The number of halogens is 2. The molecule has 0 fully saturated rings. The minimum Gasteiger partial charge on any atom is -1.00 e. The van der Waals surface area contributed by atoms with Crippen molar-refractivity contribution in [3.63, 3.8) is 0 Å². The molecular formula is C10H16Cl2N6. The molecule has 0 saturated heterocycles. The summed E-state index contributed by atoms with van der Waals surface area (Å²) >= 11 is 0. The molecule has 0 aliphatic rings. The Morgan fingerprint density at radius 1 is 0.833 bits per heavy atom. The summed E-state index contributed by atoms with van der Waals surface area (Å²) in [6, 6.07) is 3.72. The number of hydrogen-bond acceptors (Lipinski definition) is 4. The van der Waals surface area contributed by atoms with E-state index in [2.05, 4.69) is 19.9 Å². The van der Waals surface area contributed by atoms with E-state index in [1.165, 1.54) is 0 Å². The SMILES string of the molecule is Cc1cc[nH+]c(N)n1.Cc1cc[nH+]c(N)n1.[Cl-].[Cl-]. The number of nitrogens with two attached hydrogens (primary N) is 2. The topological polar surface area (TPSA) is 106 Å². The van der Waals surface area contributed by atoms with Crippen LogP contribution in [-0.2, 0) is 0 Å². The zero-order valence-corrected chi connectivity index (χ0v) is 11.6. The molecule has 2 aromatic heterocycles. The van der Waals surface area contributed by atoms with Gasteiger partial charge in [0.2, 0.25) is 0 Å². The van der Waals surface area contributed by atoms with Gasteiger partial charge in [-0.05, 0) is 13.8 Å². The van der Waals surface area contributed by atoms with Crippen LogP contribution in [0.4, 0.5) is 11.9 Å². The van der Waals surface area contributed by atoms with Gasteiger partial charge in [0.15, 0.2) is 0 Å². The minimum atomic E-state index is 0. The lowest BCUT2D eigenvalue weighted by atomic mass is 10.5. The van der Waals surface area contributed by atoms with Gasteiger partial charge in [-0.3, -0.25) is 11.5 Å². The molecule has 0 bridgehead atoms. The first kappa shape index (κ1) is 18.7. The van der Waals surface area contributed by atoms with Crippen LogP contribution >= 0.6 is 0 Å². The number of aromatic amines is 2. The highest BCUT2D eigenvalue weighted by Crippen LogP contribution is 1.87. The van der Waals surface area contributed by atoms with Gasteiger partial charge in [0.1, 0.15) is 11.4 Å². The fourth-order valence-electron chi connectivity index (χ4n) is 1.01. The van der Waals surface area contributed by atoms with Gasteiger partial charge in [0, 0.05) is 12.1 Å². The Morgan fingerprint density at radius 3 is 1.33 bits per heavy atom. The van der Waals surface area contributed by atoms with Crippen molar-refractivity contribution in [1.82, 2.24) is 9.97 Å². The number of nitrogen functional groups attached to an aromatic ring is 2. The van der Waals surface area contributed by atoms with Gasteiger partial charge in [-0.15, -0.1) is 0 Å². The molecule has 0 atom stereocenters. The molecule has 0 aromatic carbocycles.